The highest BCUT2D eigenvalue weighted by atomic mass is 15.2. The number of aryl methyl sites for hydroxylation is 1. The van der Waals surface area contributed by atoms with Gasteiger partial charge in [-0.2, -0.15) is 0 Å². The highest BCUT2D eigenvalue weighted by Gasteiger charge is 2.34. The van der Waals surface area contributed by atoms with E-state index in [4.69, 9.17) is 0 Å². The minimum atomic E-state index is 0.712. The number of hydrogen-bond donors (Lipinski definition) is 1. The van der Waals surface area contributed by atoms with E-state index in [1.807, 2.05) is 0 Å². The molecule has 2 aliphatic carbocycles. The number of nitrogens with one attached hydrogen (secondary N) is 1. The minimum absolute atomic E-state index is 0.712. The molecule has 0 radical (unpaired) electrons. The zero-order chi connectivity index (χ0) is 14.8. The van der Waals surface area contributed by atoms with Gasteiger partial charge in [0.15, 0.2) is 0 Å². The maximum Gasteiger partial charge on any atom is 0.0414 e. The number of nitrogens with zero attached hydrogens (tertiary/aromatic N) is 1. The van der Waals surface area contributed by atoms with Gasteiger partial charge in [-0.3, -0.25) is 0 Å². The topological polar surface area (TPSA) is 15.3 Å². The van der Waals surface area contributed by atoms with Gasteiger partial charge < -0.3 is 10.2 Å². The van der Waals surface area contributed by atoms with E-state index >= 15 is 0 Å². The van der Waals surface area contributed by atoms with Gasteiger partial charge in [0.1, 0.15) is 0 Å². The molecule has 0 spiro atoms. The molecule has 0 bridgehead atoms. The largest absolute Gasteiger partial charge is 0.368 e. The van der Waals surface area contributed by atoms with Crippen molar-refractivity contribution in [1.82, 2.24) is 5.32 Å². The Morgan fingerprint density at radius 3 is 2.57 bits per heavy atom. The molecule has 21 heavy (non-hydrogen) atoms. The highest BCUT2D eigenvalue weighted by Crippen LogP contribution is 2.39. The van der Waals surface area contributed by atoms with Crippen LogP contribution in [0.15, 0.2) is 18.2 Å². The normalized spacial score (nSPS) is 18.3. The van der Waals surface area contributed by atoms with Gasteiger partial charge >= 0.3 is 0 Å². The van der Waals surface area contributed by atoms with Crippen LogP contribution in [0.25, 0.3) is 0 Å². The van der Waals surface area contributed by atoms with Gasteiger partial charge in [-0.15, -0.1) is 0 Å². The molecule has 1 aromatic rings. The Kier molecular flexibility index (Phi) is 4.54. The van der Waals surface area contributed by atoms with Crippen molar-refractivity contribution in [3.63, 3.8) is 0 Å². The Bertz CT molecular complexity index is 472. The van der Waals surface area contributed by atoms with Crippen LogP contribution in [0, 0.1) is 18.8 Å². The zero-order valence-corrected chi connectivity index (χ0v) is 13.9. The lowest BCUT2D eigenvalue weighted by atomic mass is 10.1. The van der Waals surface area contributed by atoms with Crippen LogP contribution in [0.4, 0.5) is 5.69 Å². The van der Waals surface area contributed by atoms with E-state index in [0.717, 1.165) is 25.0 Å². The standard InChI is InChI=1S/C19H30N2/c1-14(2)11-20-12-17-10-15(3)4-9-19(17)21(18-7-8-18)13-16-5-6-16/h4,9-10,14,16,18,20H,5-8,11-13H2,1-3H3. The second-order valence-electron chi connectivity index (χ2n) is 7.48. The van der Waals surface area contributed by atoms with Crippen LogP contribution >= 0.6 is 0 Å². The first-order valence-electron chi connectivity index (χ1n) is 8.70. The van der Waals surface area contributed by atoms with Gasteiger partial charge in [-0.25, -0.2) is 0 Å². The fourth-order valence-electron chi connectivity index (χ4n) is 3.04. The van der Waals surface area contributed by atoms with Crippen molar-refractivity contribution in [3.05, 3.63) is 29.3 Å². The summed E-state index contributed by atoms with van der Waals surface area (Å²) in [5.41, 5.74) is 4.36. The highest BCUT2D eigenvalue weighted by molar-refractivity contribution is 5.57. The summed E-state index contributed by atoms with van der Waals surface area (Å²) in [6, 6.07) is 7.84. The second kappa shape index (κ2) is 6.39. The third kappa shape index (κ3) is 4.23. The van der Waals surface area contributed by atoms with Crippen molar-refractivity contribution in [1.29, 1.82) is 0 Å². The summed E-state index contributed by atoms with van der Waals surface area (Å²) in [5.74, 6) is 1.67. The van der Waals surface area contributed by atoms with Gasteiger partial charge in [0.2, 0.25) is 0 Å². The first-order chi connectivity index (χ1) is 10.1. The average molecular weight is 286 g/mol. The lowest BCUT2D eigenvalue weighted by Crippen LogP contribution is -2.30. The van der Waals surface area contributed by atoms with Crippen molar-refractivity contribution >= 4 is 5.69 Å². The van der Waals surface area contributed by atoms with Crippen LogP contribution < -0.4 is 10.2 Å². The van der Waals surface area contributed by atoms with E-state index in [-0.39, 0.29) is 0 Å². The molecule has 0 amide bonds. The van der Waals surface area contributed by atoms with Crippen LogP contribution in [0.2, 0.25) is 0 Å². The van der Waals surface area contributed by atoms with Crippen LogP contribution in [0.1, 0.15) is 50.7 Å². The molecule has 116 valence electrons. The van der Waals surface area contributed by atoms with Gasteiger partial charge in [-0.1, -0.05) is 31.5 Å². The fourth-order valence-corrected chi connectivity index (χ4v) is 3.04. The number of hydrogen-bond acceptors (Lipinski definition) is 2. The predicted octanol–water partition coefficient (Wildman–Crippen LogP) is 4.12. The summed E-state index contributed by atoms with van der Waals surface area (Å²) in [6.45, 7) is 10.1. The van der Waals surface area contributed by atoms with E-state index in [0.29, 0.717) is 5.92 Å². The van der Waals surface area contributed by atoms with Crippen LogP contribution in [-0.2, 0) is 6.54 Å². The van der Waals surface area contributed by atoms with Gasteiger partial charge in [0.05, 0.1) is 0 Å². The quantitative estimate of drug-likeness (QED) is 0.773. The molecule has 3 rings (SSSR count). The molecule has 1 aromatic carbocycles. The second-order valence-corrected chi connectivity index (χ2v) is 7.48. The van der Waals surface area contributed by atoms with Gasteiger partial charge in [-0.05, 0) is 62.6 Å². The predicted molar refractivity (Wildman–Crippen MR) is 90.8 cm³/mol. The van der Waals surface area contributed by atoms with E-state index in [9.17, 15) is 0 Å². The molecule has 2 fully saturated rings. The van der Waals surface area contributed by atoms with Crippen LogP contribution in [0.3, 0.4) is 0 Å². The molecule has 2 nitrogen and oxygen atoms in total. The molecule has 2 heteroatoms. The maximum absolute atomic E-state index is 3.63. The molecular formula is C19H30N2. The summed E-state index contributed by atoms with van der Waals surface area (Å²) >= 11 is 0. The third-order valence-electron chi connectivity index (χ3n) is 4.55. The number of benzene rings is 1. The Hall–Kier alpha value is -1.02. The molecule has 0 aliphatic heterocycles. The van der Waals surface area contributed by atoms with Crippen molar-refractivity contribution in [3.8, 4) is 0 Å². The Labute approximate surface area is 129 Å². The molecular weight excluding hydrogens is 256 g/mol. The number of anilines is 1. The smallest absolute Gasteiger partial charge is 0.0414 e. The van der Waals surface area contributed by atoms with Crippen molar-refractivity contribution in [2.75, 3.05) is 18.0 Å². The summed E-state index contributed by atoms with van der Waals surface area (Å²) in [5, 5.41) is 3.63. The summed E-state index contributed by atoms with van der Waals surface area (Å²) < 4.78 is 0. The van der Waals surface area contributed by atoms with E-state index < -0.39 is 0 Å². The van der Waals surface area contributed by atoms with E-state index in [1.165, 1.54) is 49.0 Å². The maximum atomic E-state index is 3.63. The van der Waals surface area contributed by atoms with E-state index in [1.54, 1.807) is 0 Å². The number of rotatable bonds is 8. The van der Waals surface area contributed by atoms with Crippen LogP contribution in [-0.4, -0.2) is 19.1 Å². The molecule has 0 heterocycles. The lowest BCUT2D eigenvalue weighted by Gasteiger charge is -2.28. The first kappa shape index (κ1) is 14.9. The Morgan fingerprint density at radius 1 is 1.19 bits per heavy atom. The fraction of sp³-hybridized carbons (Fsp3) is 0.684. The molecule has 0 atom stereocenters. The monoisotopic (exact) mass is 286 g/mol. The third-order valence-corrected chi connectivity index (χ3v) is 4.55. The molecule has 1 N–H and O–H groups in total. The summed E-state index contributed by atoms with van der Waals surface area (Å²) in [6.07, 6.45) is 5.66. The van der Waals surface area contributed by atoms with E-state index in [2.05, 4.69) is 49.2 Å². The van der Waals surface area contributed by atoms with Gasteiger partial charge in [0, 0.05) is 24.8 Å². The van der Waals surface area contributed by atoms with Crippen molar-refractivity contribution < 1.29 is 0 Å². The molecule has 0 saturated heterocycles. The Morgan fingerprint density at radius 2 is 1.95 bits per heavy atom. The molecule has 2 saturated carbocycles. The van der Waals surface area contributed by atoms with Crippen LogP contribution in [0.5, 0.6) is 0 Å². The zero-order valence-electron chi connectivity index (χ0n) is 13.9. The summed E-state index contributed by atoms with van der Waals surface area (Å²) in [4.78, 5) is 2.71. The molecule has 2 aliphatic rings. The summed E-state index contributed by atoms with van der Waals surface area (Å²) in [7, 11) is 0. The van der Waals surface area contributed by atoms with Crippen molar-refractivity contribution in [2.24, 2.45) is 11.8 Å². The Balaban J connectivity index is 1.74. The first-order valence-corrected chi connectivity index (χ1v) is 8.70. The molecule has 0 aromatic heterocycles. The van der Waals surface area contributed by atoms with Gasteiger partial charge in [0.25, 0.3) is 0 Å². The average Bonchev–Trinajstić information content (AvgIpc) is 3.30. The molecule has 0 unspecified atom stereocenters. The van der Waals surface area contributed by atoms with Crippen molar-refractivity contribution in [2.45, 2.75) is 59.0 Å². The SMILES string of the molecule is Cc1ccc(N(CC2CC2)C2CC2)c(CNCC(C)C)c1. The minimum Gasteiger partial charge on any atom is -0.368 e. The lowest BCUT2D eigenvalue weighted by molar-refractivity contribution is 0.551.